The Morgan fingerprint density at radius 2 is 1.88 bits per heavy atom. The summed E-state index contributed by atoms with van der Waals surface area (Å²) in [6.45, 7) is 3.45. The Morgan fingerprint density at radius 3 is 2.58 bits per heavy atom. The van der Waals surface area contributed by atoms with Gasteiger partial charge in [-0.1, -0.05) is 36.0 Å². The van der Waals surface area contributed by atoms with Crippen LogP contribution in [0.4, 0.5) is 0 Å². The van der Waals surface area contributed by atoms with Crippen molar-refractivity contribution < 1.29 is 14.6 Å². The number of aliphatic carboxylic acids is 1. The van der Waals surface area contributed by atoms with Gasteiger partial charge in [-0.3, -0.25) is 4.90 Å². The first-order valence-corrected chi connectivity index (χ1v) is 9.53. The number of hydrogen-bond donors (Lipinski definition) is 1. The van der Waals surface area contributed by atoms with Crippen LogP contribution in [-0.2, 0) is 9.53 Å². The van der Waals surface area contributed by atoms with Crippen molar-refractivity contribution in [2.75, 3.05) is 26.3 Å². The maximum atomic E-state index is 10.8. The molecular formula is C19H24Cl3NO3. The molecule has 1 aliphatic carbocycles. The summed E-state index contributed by atoms with van der Waals surface area (Å²) < 4.78 is 5.49. The van der Waals surface area contributed by atoms with Crippen LogP contribution in [0.15, 0.2) is 18.2 Å². The van der Waals surface area contributed by atoms with Gasteiger partial charge < -0.3 is 9.84 Å². The first-order chi connectivity index (χ1) is 12.1. The Labute approximate surface area is 170 Å². The van der Waals surface area contributed by atoms with E-state index in [-0.39, 0.29) is 12.4 Å². The number of nitrogens with zero attached hydrogens (tertiary/aromatic N) is 1. The molecule has 1 saturated carbocycles. The lowest BCUT2D eigenvalue weighted by molar-refractivity contribution is -0.131. The molecule has 2 fully saturated rings. The molecule has 2 aliphatic rings. The number of rotatable bonds is 4. The van der Waals surface area contributed by atoms with Crippen molar-refractivity contribution >= 4 is 47.7 Å². The highest BCUT2D eigenvalue weighted by Crippen LogP contribution is 2.42. The standard InChI is InChI=1S/C19H23Cl2NO3.ClH/c20-16-12-13(5-6-18(23)24)11-15(19(16)21)14-3-1-2-4-17(14)22-7-9-25-10-8-22;/h5-6,11-12,14,17H,1-4,7-10H2,(H,23,24);1H/b6-5+;. The SMILES string of the molecule is Cl.O=C(O)/C=C/c1cc(Cl)c(Cl)c(C2CCCCC2N2CCOCC2)c1. The molecular weight excluding hydrogens is 397 g/mol. The van der Waals surface area contributed by atoms with Crippen LogP contribution in [0.5, 0.6) is 0 Å². The summed E-state index contributed by atoms with van der Waals surface area (Å²) in [5, 5.41) is 9.94. The van der Waals surface area contributed by atoms with Crippen LogP contribution in [0.3, 0.4) is 0 Å². The fourth-order valence-electron chi connectivity index (χ4n) is 3.99. The number of carboxylic acids is 1. The van der Waals surface area contributed by atoms with E-state index in [9.17, 15) is 4.79 Å². The van der Waals surface area contributed by atoms with Crippen LogP contribution in [-0.4, -0.2) is 48.3 Å². The Hall–Kier alpha value is -0.780. The van der Waals surface area contributed by atoms with Gasteiger partial charge in [0, 0.05) is 31.1 Å². The maximum Gasteiger partial charge on any atom is 0.328 e. The topological polar surface area (TPSA) is 49.8 Å². The van der Waals surface area contributed by atoms with Crippen molar-refractivity contribution in [1.82, 2.24) is 4.90 Å². The zero-order valence-electron chi connectivity index (χ0n) is 14.5. The zero-order chi connectivity index (χ0) is 17.8. The molecule has 1 aliphatic heterocycles. The van der Waals surface area contributed by atoms with Gasteiger partial charge in [0.1, 0.15) is 0 Å². The minimum Gasteiger partial charge on any atom is -0.478 e. The van der Waals surface area contributed by atoms with Crippen molar-refractivity contribution in [3.63, 3.8) is 0 Å². The third-order valence-corrected chi connectivity index (χ3v) is 5.96. The molecule has 0 radical (unpaired) electrons. The average Bonchev–Trinajstić information content (AvgIpc) is 2.63. The van der Waals surface area contributed by atoms with Crippen molar-refractivity contribution in [3.8, 4) is 0 Å². The predicted octanol–water partition coefficient (Wildman–Crippen LogP) is 4.87. The summed E-state index contributed by atoms with van der Waals surface area (Å²) in [4.78, 5) is 13.3. The second kappa shape index (κ2) is 9.95. The van der Waals surface area contributed by atoms with E-state index in [1.54, 1.807) is 12.1 Å². The van der Waals surface area contributed by atoms with E-state index in [2.05, 4.69) is 4.90 Å². The van der Waals surface area contributed by atoms with E-state index in [0.29, 0.717) is 22.0 Å². The van der Waals surface area contributed by atoms with Crippen molar-refractivity contribution in [3.05, 3.63) is 39.4 Å². The summed E-state index contributed by atoms with van der Waals surface area (Å²) in [6.07, 6.45) is 7.32. The lowest BCUT2D eigenvalue weighted by Gasteiger charge is -2.42. The smallest absolute Gasteiger partial charge is 0.328 e. The van der Waals surface area contributed by atoms with Gasteiger partial charge in [0.05, 0.1) is 23.3 Å². The minimum absolute atomic E-state index is 0. The van der Waals surface area contributed by atoms with E-state index in [4.69, 9.17) is 33.0 Å². The number of carbonyl (C=O) groups is 1. The highest BCUT2D eigenvalue weighted by molar-refractivity contribution is 6.42. The van der Waals surface area contributed by atoms with E-state index in [1.165, 1.54) is 12.8 Å². The molecule has 1 N–H and O–H groups in total. The molecule has 2 atom stereocenters. The fraction of sp³-hybridized carbons (Fsp3) is 0.526. The molecule has 26 heavy (non-hydrogen) atoms. The van der Waals surface area contributed by atoms with Gasteiger partial charge in [-0.05, 0) is 42.2 Å². The number of ether oxygens (including phenoxy) is 1. The molecule has 0 spiro atoms. The number of carboxylic acid groups (broad SMARTS) is 1. The second-order valence-corrected chi connectivity index (χ2v) is 7.47. The predicted molar refractivity (Wildman–Crippen MR) is 108 cm³/mol. The number of hydrogen-bond acceptors (Lipinski definition) is 3. The van der Waals surface area contributed by atoms with Gasteiger partial charge in [0.2, 0.25) is 0 Å². The van der Waals surface area contributed by atoms with Gasteiger partial charge in [-0.2, -0.15) is 0 Å². The summed E-state index contributed by atoms with van der Waals surface area (Å²) in [5.74, 6) is -0.661. The molecule has 1 heterocycles. The van der Waals surface area contributed by atoms with Crippen LogP contribution in [0, 0.1) is 0 Å². The quantitative estimate of drug-likeness (QED) is 0.706. The molecule has 7 heteroatoms. The highest BCUT2D eigenvalue weighted by Gasteiger charge is 2.33. The first kappa shape index (κ1) is 21.5. The molecule has 0 aromatic heterocycles. The van der Waals surface area contributed by atoms with Crippen molar-refractivity contribution in [1.29, 1.82) is 0 Å². The Kier molecular flexibility index (Phi) is 8.24. The monoisotopic (exact) mass is 419 g/mol. The van der Waals surface area contributed by atoms with Gasteiger partial charge in [-0.25, -0.2) is 4.79 Å². The first-order valence-electron chi connectivity index (χ1n) is 8.78. The van der Waals surface area contributed by atoms with E-state index in [1.807, 2.05) is 6.07 Å². The maximum absolute atomic E-state index is 10.8. The highest BCUT2D eigenvalue weighted by atomic mass is 35.5. The lowest BCUT2D eigenvalue weighted by Crippen LogP contribution is -2.47. The van der Waals surface area contributed by atoms with Crippen molar-refractivity contribution in [2.45, 2.75) is 37.6 Å². The van der Waals surface area contributed by atoms with Gasteiger partial charge in [-0.15, -0.1) is 12.4 Å². The third-order valence-electron chi connectivity index (χ3n) is 5.14. The average molecular weight is 421 g/mol. The molecule has 3 rings (SSSR count). The van der Waals surface area contributed by atoms with Gasteiger partial charge in [0.15, 0.2) is 0 Å². The summed E-state index contributed by atoms with van der Waals surface area (Å²) in [6, 6.07) is 4.15. The molecule has 144 valence electrons. The number of benzene rings is 1. The summed E-state index contributed by atoms with van der Waals surface area (Å²) in [5.41, 5.74) is 1.81. The van der Waals surface area contributed by atoms with Crippen molar-refractivity contribution in [2.24, 2.45) is 0 Å². The number of halogens is 3. The summed E-state index contributed by atoms with van der Waals surface area (Å²) in [7, 11) is 0. The van der Waals surface area contributed by atoms with Crippen LogP contribution in [0.25, 0.3) is 6.08 Å². The largest absolute Gasteiger partial charge is 0.478 e. The molecule has 1 aromatic carbocycles. The normalized spacial score (nSPS) is 24.4. The van der Waals surface area contributed by atoms with Crippen LogP contribution < -0.4 is 0 Å². The molecule has 0 amide bonds. The zero-order valence-corrected chi connectivity index (χ0v) is 16.8. The van der Waals surface area contributed by atoms with Crippen LogP contribution >= 0.6 is 35.6 Å². The molecule has 1 saturated heterocycles. The van der Waals surface area contributed by atoms with E-state index in [0.717, 1.165) is 56.3 Å². The molecule has 1 aromatic rings. The van der Waals surface area contributed by atoms with Crippen LogP contribution in [0.1, 0.15) is 42.7 Å². The lowest BCUT2D eigenvalue weighted by atomic mass is 9.78. The molecule has 2 unspecified atom stereocenters. The van der Waals surface area contributed by atoms with Gasteiger partial charge in [0.25, 0.3) is 0 Å². The Balaban J connectivity index is 0.00000243. The minimum atomic E-state index is -0.975. The number of morpholine rings is 1. The third kappa shape index (κ3) is 5.14. The second-order valence-electron chi connectivity index (χ2n) is 6.68. The van der Waals surface area contributed by atoms with Crippen LogP contribution in [0.2, 0.25) is 10.0 Å². The van der Waals surface area contributed by atoms with E-state index >= 15 is 0 Å². The molecule has 0 bridgehead atoms. The van der Waals surface area contributed by atoms with Gasteiger partial charge >= 0.3 is 5.97 Å². The van der Waals surface area contributed by atoms with E-state index < -0.39 is 5.97 Å². The Morgan fingerprint density at radius 1 is 1.19 bits per heavy atom. The fourth-order valence-corrected chi connectivity index (χ4v) is 4.47. The summed E-state index contributed by atoms with van der Waals surface area (Å²) >= 11 is 12.9. The Bertz CT molecular complexity index is 660. The molecule has 4 nitrogen and oxygen atoms in total.